The van der Waals surface area contributed by atoms with Crippen molar-refractivity contribution in [3.63, 3.8) is 0 Å². The van der Waals surface area contributed by atoms with Crippen LogP contribution in [-0.2, 0) is 4.79 Å². The molecule has 1 aliphatic carbocycles. The zero-order valence-electron chi connectivity index (χ0n) is 11.3. The number of carbonyl (C=O) groups excluding carboxylic acids is 1. The lowest BCUT2D eigenvalue weighted by molar-refractivity contribution is -0.143. The molecule has 0 radical (unpaired) electrons. The number of aromatic nitrogens is 3. The summed E-state index contributed by atoms with van der Waals surface area (Å²) in [7, 11) is 0. The van der Waals surface area contributed by atoms with Gasteiger partial charge in [-0.1, -0.05) is 12.8 Å². The Labute approximate surface area is 116 Å². The third-order valence-electron chi connectivity index (χ3n) is 3.59. The molecule has 110 valence electrons. The topological polar surface area (TPSA) is 120 Å². The molecule has 1 aliphatic rings. The number of carboxylic acid groups (broad SMARTS) is 1. The lowest BCUT2D eigenvalue weighted by Crippen LogP contribution is -2.49. The lowest BCUT2D eigenvalue weighted by Gasteiger charge is -2.29. The van der Waals surface area contributed by atoms with Crippen molar-refractivity contribution >= 4 is 12.0 Å². The van der Waals surface area contributed by atoms with Crippen LogP contribution in [0, 0.1) is 5.92 Å². The predicted octanol–water partition coefficient (Wildman–Crippen LogP) is 0.808. The van der Waals surface area contributed by atoms with Crippen molar-refractivity contribution < 1.29 is 14.7 Å². The molecule has 0 saturated heterocycles. The Morgan fingerprint density at radius 3 is 2.85 bits per heavy atom. The highest BCUT2D eigenvalue weighted by Crippen LogP contribution is 2.24. The van der Waals surface area contributed by atoms with E-state index in [-0.39, 0.29) is 18.1 Å². The van der Waals surface area contributed by atoms with Crippen LogP contribution < -0.4 is 10.6 Å². The zero-order valence-corrected chi connectivity index (χ0v) is 11.3. The maximum atomic E-state index is 11.9. The van der Waals surface area contributed by atoms with E-state index < -0.39 is 11.9 Å². The fraction of sp³-hybridized carbons (Fsp3) is 0.667. The van der Waals surface area contributed by atoms with E-state index >= 15 is 0 Å². The highest BCUT2D eigenvalue weighted by atomic mass is 16.4. The summed E-state index contributed by atoms with van der Waals surface area (Å²) in [5.74, 6) is -0.799. The van der Waals surface area contributed by atoms with E-state index in [4.69, 9.17) is 5.11 Å². The number of rotatable bonds is 4. The molecule has 0 aromatic carbocycles. The molecule has 2 rings (SSSR count). The summed E-state index contributed by atoms with van der Waals surface area (Å²) in [6, 6.07) is -1.01. The van der Waals surface area contributed by atoms with Crippen LogP contribution in [0.3, 0.4) is 0 Å². The van der Waals surface area contributed by atoms with Crippen LogP contribution in [-0.4, -0.2) is 38.3 Å². The summed E-state index contributed by atoms with van der Waals surface area (Å²) in [6.07, 6.45) is 4.50. The molecule has 3 unspecified atom stereocenters. The second kappa shape index (κ2) is 6.36. The summed E-state index contributed by atoms with van der Waals surface area (Å²) >= 11 is 0. The predicted molar refractivity (Wildman–Crippen MR) is 69.8 cm³/mol. The number of hydrogen-bond acceptors (Lipinski definition) is 4. The van der Waals surface area contributed by atoms with E-state index in [1.54, 1.807) is 6.92 Å². The maximum absolute atomic E-state index is 11.9. The molecule has 2 amide bonds. The highest BCUT2D eigenvalue weighted by Gasteiger charge is 2.32. The van der Waals surface area contributed by atoms with Gasteiger partial charge in [-0.15, -0.1) is 0 Å². The number of carboxylic acids is 1. The summed E-state index contributed by atoms with van der Waals surface area (Å²) in [5, 5.41) is 21.0. The first-order valence-corrected chi connectivity index (χ1v) is 6.73. The number of urea groups is 1. The number of aromatic amines is 1. The van der Waals surface area contributed by atoms with Crippen LogP contribution in [0.15, 0.2) is 6.33 Å². The molecule has 3 atom stereocenters. The van der Waals surface area contributed by atoms with Gasteiger partial charge in [-0.3, -0.25) is 9.89 Å². The Hall–Kier alpha value is -2.12. The van der Waals surface area contributed by atoms with Gasteiger partial charge in [0.05, 0.1) is 12.0 Å². The van der Waals surface area contributed by atoms with Crippen LogP contribution >= 0.6 is 0 Å². The average molecular weight is 281 g/mol. The molecule has 0 bridgehead atoms. The van der Waals surface area contributed by atoms with Crippen molar-refractivity contribution in [1.29, 1.82) is 0 Å². The van der Waals surface area contributed by atoms with Gasteiger partial charge in [0, 0.05) is 6.04 Å². The second-order valence-corrected chi connectivity index (χ2v) is 5.05. The average Bonchev–Trinajstić information content (AvgIpc) is 2.92. The monoisotopic (exact) mass is 281 g/mol. The summed E-state index contributed by atoms with van der Waals surface area (Å²) < 4.78 is 0. The summed E-state index contributed by atoms with van der Waals surface area (Å²) in [4.78, 5) is 27.0. The van der Waals surface area contributed by atoms with E-state index in [2.05, 4.69) is 25.8 Å². The standard InChI is InChI=1S/C12H19N5O3/c1-7(10-13-6-14-17-10)15-12(20)16-9-5-3-2-4-8(9)11(18)19/h6-9H,2-5H2,1H3,(H,18,19)(H,13,14,17)(H2,15,16,20). The fourth-order valence-electron chi connectivity index (χ4n) is 2.50. The number of nitrogens with zero attached hydrogens (tertiary/aromatic N) is 2. The third kappa shape index (κ3) is 3.46. The molecule has 1 aromatic heterocycles. The van der Waals surface area contributed by atoms with Gasteiger partial charge in [0.15, 0.2) is 0 Å². The normalized spacial score (nSPS) is 23.9. The molecule has 20 heavy (non-hydrogen) atoms. The molecule has 1 fully saturated rings. The van der Waals surface area contributed by atoms with Crippen molar-refractivity contribution in [2.75, 3.05) is 0 Å². The molecule has 8 heteroatoms. The number of hydrogen-bond donors (Lipinski definition) is 4. The first kappa shape index (κ1) is 14.3. The Kier molecular flexibility index (Phi) is 4.54. The molecule has 1 aromatic rings. The number of aliphatic carboxylic acids is 1. The van der Waals surface area contributed by atoms with Crippen LogP contribution in [0.1, 0.15) is 44.5 Å². The van der Waals surface area contributed by atoms with E-state index in [0.29, 0.717) is 18.7 Å². The Morgan fingerprint density at radius 1 is 1.45 bits per heavy atom. The Bertz CT molecular complexity index is 462. The second-order valence-electron chi connectivity index (χ2n) is 5.05. The van der Waals surface area contributed by atoms with Crippen LogP contribution in [0.25, 0.3) is 0 Å². The van der Waals surface area contributed by atoms with Gasteiger partial charge in [0.1, 0.15) is 12.2 Å². The van der Waals surface area contributed by atoms with Gasteiger partial charge >= 0.3 is 12.0 Å². The Morgan fingerprint density at radius 2 is 2.20 bits per heavy atom. The van der Waals surface area contributed by atoms with Crippen molar-refractivity contribution in [3.05, 3.63) is 12.2 Å². The number of nitrogens with one attached hydrogen (secondary N) is 3. The molecule has 4 N–H and O–H groups in total. The molecular formula is C12H19N5O3. The molecule has 8 nitrogen and oxygen atoms in total. The van der Waals surface area contributed by atoms with Crippen LogP contribution in [0.2, 0.25) is 0 Å². The Balaban J connectivity index is 1.88. The minimum Gasteiger partial charge on any atom is -0.481 e. The van der Waals surface area contributed by atoms with Gasteiger partial charge in [0.25, 0.3) is 0 Å². The summed E-state index contributed by atoms with van der Waals surface area (Å²) in [6.45, 7) is 1.77. The summed E-state index contributed by atoms with van der Waals surface area (Å²) in [5.41, 5.74) is 0. The van der Waals surface area contributed by atoms with Gasteiger partial charge in [-0.25, -0.2) is 9.78 Å². The molecular weight excluding hydrogens is 262 g/mol. The highest BCUT2D eigenvalue weighted by molar-refractivity contribution is 5.77. The van der Waals surface area contributed by atoms with Gasteiger partial charge < -0.3 is 15.7 Å². The van der Waals surface area contributed by atoms with E-state index in [1.165, 1.54) is 6.33 Å². The fourth-order valence-corrected chi connectivity index (χ4v) is 2.50. The van der Waals surface area contributed by atoms with E-state index in [1.807, 2.05) is 0 Å². The van der Waals surface area contributed by atoms with Gasteiger partial charge in [-0.2, -0.15) is 5.10 Å². The minimum absolute atomic E-state index is 0.315. The van der Waals surface area contributed by atoms with Crippen molar-refractivity contribution in [1.82, 2.24) is 25.8 Å². The van der Waals surface area contributed by atoms with E-state index in [0.717, 1.165) is 12.8 Å². The van der Waals surface area contributed by atoms with Crippen molar-refractivity contribution in [3.8, 4) is 0 Å². The van der Waals surface area contributed by atoms with E-state index in [9.17, 15) is 9.59 Å². The number of H-pyrrole nitrogens is 1. The van der Waals surface area contributed by atoms with Crippen molar-refractivity contribution in [2.45, 2.75) is 44.7 Å². The van der Waals surface area contributed by atoms with Crippen molar-refractivity contribution in [2.24, 2.45) is 5.92 Å². The molecule has 0 spiro atoms. The molecule has 0 aliphatic heterocycles. The quantitative estimate of drug-likeness (QED) is 0.651. The maximum Gasteiger partial charge on any atom is 0.315 e. The third-order valence-corrected chi connectivity index (χ3v) is 3.59. The zero-order chi connectivity index (χ0) is 14.5. The van der Waals surface area contributed by atoms with Gasteiger partial charge in [0.2, 0.25) is 0 Å². The smallest absolute Gasteiger partial charge is 0.315 e. The number of amides is 2. The first-order valence-electron chi connectivity index (χ1n) is 6.73. The minimum atomic E-state index is -0.849. The largest absolute Gasteiger partial charge is 0.481 e. The first-order chi connectivity index (χ1) is 9.58. The molecule has 1 saturated carbocycles. The number of carbonyl (C=O) groups is 2. The lowest BCUT2D eigenvalue weighted by atomic mass is 9.84. The van der Waals surface area contributed by atoms with Gasteiger partial charge in [-0.05, 0) is 19.8 Å². The van der Waals surface area contributed by atoms with Crippen LogP contribution in [0.5, 0.6) is 0 Å². The molecule has 1 heterocycles. The SMILES string of the molecule is CC(NC(=O)NC1CCCCC1C(=O)O)c1ncn[nH]1. The van der Waals surface area contributed by atoms with Crippen LogP contribution in [0.4, 0.5) is 4.79 Å².